The molecule has 0 aliphatic carbocycles. The van der Waals surface area contributed by atoms with Gasteiger partial charge in [-0.1, -0.05) is 56.3 Å². The normalized spacial score (nSPS) is 11.1. The van der Waals surface area contributed by atoms with Gasteiger partial charge in [-0.05, 0) is 18.1 Å². The third-order valence-electron chi connectivity index (χ3n) is 4.80. The van der Waals surface area contributed by atoms with Crippen LogP contribution >= 0.6 is 0 Å². The maximum Gasteiger partial charge on any atom is 0.221 e. The van der Waals surface area contributed by atoms with Crippen LogP contribution < -0.4 is 10.2 Å². The van der Waals surface area contributed by atoms with Gasteiger partial charge in [-0.2, -0.15) is 0 Å². The third kappa shape index (κ3) is 5.76. The number of carbonyl (C=O) groups is 1. The van der Waals surface area contributed by atoms with Crippen LogP contribution in [0.15, 0.2) is 54.6 Å². The van der Waals surface area contributed by atoms with Crippen LogP contribution in [0.4, 0.5) is 5.82 Å². The van der Waals surface area contributed by atoms with E-state index in [1.165, 1.54) is 0 Å². The quantitative estimate of drug-likeness (QED) is 0.553. The zero-order valence-corrected chi connectivity index (χ0v) is 18.0. The maximum absolute atomic E-state index is 12.3. The molecule has 0 bridgehead atoms. The summed E-state index contributed by atoms with van der Waals surface area (Å²) in [5.41, 5.74) is 1.85. The van der Waals surface area contributed by atoms with Crippen LogP contribution in [0, 0.1) is 5.92 Å². The highest BCUT2D eigenvalue weighted by molar-refractivity contribution is 5.91. The summed E-state index contributed by atoms with van der Waals surface area (Å²) in [6, 6.07) is 17.9. The van der Waals surface area contributed by atoms with Gasteiger partial charge in [-0.25, -0.2) is 9.97 Å². The number of hydrogen-bond donors (Lipinski definition) is 1. The Kier molecular flexibility index (Phi) is 7.74. The second-order valence-corrected chi connectivity index (χ2v) is 7.68. The number of rotatable bonds is 10. The standard InChI is InChI=1S/C24H30N4O2/c1-18(2)17-25-22(29)13-14-28(15-16-30-3)24-20-11-7-8-12-21(20)26-23(27-24)19-9-5-4-6-10-19/h4-12,18H,13-17H2,1-3H3,(H,25,29). The van der Waals surface area contributed by atoms with Crippen molar-refractivity contribution < 1.29 is 9.53 Å². The molecule has 6 nitrogen and oxygen atoms in total. The Bertz CT molecular complexity index is 960. The van der Waals surface area contributed by atoms with Crippen molar-refractivity contribution in [2.24, 2.45) is 5.92 Å². The number of fused-ring (bicyclic) bond motifs is 1. The fraction of sp³-hybridized carbons (Fsp3) is 0.375. The van der Waals surface area contributed by atoms with E-state index in [0.717, 1.165) is 22.3 Å². The van der Waals surface area contributed by atoms with E-state index in [1.807, 2.05) is 54.6 Å². The molecule has 0 saturated carbocycles. The molecule has 158 valence electrons. The van der Waals surface area contributed by atoms with Crippen LogP contribution in [0.1, 0.15) is 20.3 Å². The summed E-state index contributed by atoms with van der Waals surface area (Å²) in [5.74, 6) is 1.98. The average molecular weight is 407 g/mol. The van der Waals surface area contributed by atoms with Crippen molar-refractivity contribution in [3.05, 3.63) is 54.6 Å². The van der Waals surface area contributed by atoms with Gasteiger partial charge in [-0.3, -0.25) is 4.79 Å². The second-order valence-electron chi connectivity index (χ2n) is 7.68. The first-order valence-corrected chi connectivity index (χ1v) is 10.4. The number of ether oxygens (including phenoxy) is 1. The predicted molar refractivity (Wildman–Crippen MR) is 122 cm³/mol. The monoisotopic (exact) mass is 406 g/mol. The number of amides is 1. The number of nitrogens with zero attached hydrogens (tertiary/aromatic N) is 3. The number of para-hydroxylation sites is 1. The molecule has 30 heavy (non-hydrogen) atoms. The summed E-state index contributed by atoms with van der Waals surface area (Å²) in [5, 5.41) is 3.96. The van der Waals surface area contributed by atoms with Crippen LogP contribution in [0.2, 0.25) is 0 Å². The Morgan fingerprint density at radius 2 is 1.77 bits per heavy atom. The first-order chi connectivity index (χ1) is 14.6. The first kappa shape index (κ1) is 21.7. The van der Waals surface area contributed by atoms with Crippen molar-refractivity contribution in [1.29, 1.82) is 0 Å². The van der Waals surface area contributed by atoms with E-state index in [4.69, 9.17) is 14.7 Å². The van der Waals surface area contributed by atoms with E-state index in [-0.39, 0.29) is 5.91 Å². The number of benzene rings is 2. The van der Waals surface area contributed by atoms with Gasteiger partial charge in [0.1, 0.15) is 5.82 Å². The fourth-order valence-electron chi connectivity index (χ4n) is 3.19. The molecule has 0 unspecified atom stereocenters. The van der Waals surface area contributed by atoms with Crippen molar-refractivity contribution in [1.82, 2.24) is 15.3 Å². The highest BCUT2D eigenvalue weighted by atomic mass is 16.5. The summed E-state index contributed by atoms with van der Waals surface area (Å²) in [6.45, 7) is 6.61. The van der Waals surface area contributed by atoms with Gasteiger partial charge < -0.3 is 15.0 Å². The molecule has 1 aromatic heterocycles. The lowest BCUT2D eigenvalue weighted by molar-refractivity contribution is -0.121. The van der Waals surface area contributed by atoms with E-state index in [2.05, 4.69) is 24.1 Å². The van der Waals surface area contributed by atoms with Crippen LogP contribution in [0.3, 0.4) is 0 Å². The molecule has 0 spiro atoms. The van der Waals surface area contributed by atoms with E-state index >= 15 is 0 Å². The highest BCUT2D eigenvalue weighted by Gasteiger charge is 2.16. The van der Waals surface area contributed by atoms with Crippen LogP contribution in [-0.2, 0) is 9.53 Å². The minimum atomic E-state index is 0.0489. The van der Waals surface area contributed by atoms with Gasteiger partial charge in [0.25, 0.3) is 0 Å². The Morgan fingerprint density at radius 1 is 1.03 bits per heavy atom. The minimum absolute atomic E-state index is 0.0489. The fourth-order valence-corrected chi connectivity index (χ4v) is 3.19. The molecule has 0 radical (unpaired) electrons. The number of aromatic nitrogens is 2. The molecule has 0 saturated heterocycles. The Balaban J connectivity index is 1.93. The van der Waals surface area contributed by atoms with Crippen LogP contribution in [0.25, 0.3) is 22.3 Å². The minimum Gasteiger partial charge on any atom is -0.383 e. The molecular formula is C24H30N4O2. The molecule has 3 aromatic rings. The largest absolute Gasteiger partial charge is 0.383 e. The lowest BCUT2D eigenvalue weighted by Crippen LogP contribution is -2.34. The average Bonchev–Trinajstić information content (AvgIpc) is 2.77. The van der Waals surface area contributed by atoms with E-state index in [1.54, 1.807) is 7.11 Å². The molecule has 6 heteroatoms. The van der Waals surface area contributed by atoms with Gasteiger partial charge >= 0.3 is 0 Å². The summed E-state index contributed by atoms with van der Waals surface area (Å²) in [7, 11) is 1.68. The number of anilines is 1. The molecule has 0 atom stereocenters. The maximum atomic E-state index is 12.3. The Labute approximate surface area is 178 Å². The van der Waals surface area contributed by atoms with Crippen molar-refractivity contribution in [2.75, 3.05) is 38.3 Å². The molecule has 3 rings (SSSR count). The number of hydrogen-bond acceptors (Lipinski definition) is 5. The SMILES string of the molecule is COCCN(CCC(=O)NCC(C)C)c1nc(-c2ccccc2)nc2ccccc12. The smallest absolute Gasteiger partial charge is 0.221 e. The zero-order valence-electron chi connectivity index (χ0n) is 18.0. The van der Waals surface area contributed by atoms with E-state index in [9.17, 15) is 4.79 Å². The summed E-state index contributed by atoms with van der Waals surface area (Å²) >= 11 is 0. The molecular weight excluding hydrogens is 376 g/mol. The summed E-state index contributed by atoms with van der Waals surface area (Å²) < 4.78 is 5.32. The first-order valence-electron chi connectivity index (χ1n) is 10.4. The molecule has 1 heterocycles. The van der Waals surface area contributed by atoms with Crippen molar-refractivity contribution in [3.8, 4) is 11.4 Å². The molecule has 1 amide bonds. The zero-order chi connectivity index (χ0) is 21.3. The van der Waals surface area contributed by atoms with Gasteiger partial charge in [0, 0.05) is 44.1 Å². The Morgan fingerprint density at radius 3 is 2.50 bits per heavy atom. The van der Waals surface area contributed by atoms with Gasteiger partial charge in [0.15, 0.2) is 5.82 Å². The van der Waals surface area contributed by atoms with E-state index < -0.39 is 0 Å². The van der Waals surface area contributed by atoms with Gasteiger partial charge in [0.05, 0.1) is 12.1 Å². The molecule has 2 aromatic carbocycles. The number of methoxy groups -OCH3 is 1. The molecule has 0 aliphatic rings. The number of nitrogens with one attached hydrogen (secondary N) is 1. The molecule has 0 aliphatic heterocycles. The molecule has 0 fully saturated rings. The second kappa shape index (κ2) is 10.7. The van der Waals surface area contributed by atoms with E-state index in [0.29, 0.717) is 44.4 Å². The lowest BCUT2D eigenvalue weighted by atomic mass is 10.1. The van der Waals surface area contributed by atoms with Crippen LogP contribution in [0.5, 0.6) is 0 Å². The summed E-state index contributed by atoms with van der Waals surface area (Å²) in [6.07, 6.45) is 0.398. The number of carbonyl (C=O) groups excluding carboxylic acids is 1. The summed E-state index contributed by atoms with van der Waals surface area (Å²) in [4.78, 5) is 24.1. The topological polar surface area (TPSA) is 67.3 Å². The van der Waals surface area contributed by atoms with Crippen molar-refractivity contribution >= 4 is 22.6 Å². The molecule has 1 N–H and O–H groups in total. The Hall–Kier alpha value is -2.99. The predicted octanol–water partition coefficient (Wildman–Crippen LogP) is 3.91. The van der Waals surface area contributed by atoms with Crippen molar-refractivity contribution in [3.63, 3.8) is 0 Å². The third-order valence-corrected chi connectivity index (χ3v) is 4.80. The highest BCUT2D eigenvalue weighted by Crippen LogP contribution is 2.27. The van der Waals surface area contributed by atoms with Crippen molar-refractivity contribution in [2.45, 2.75) is 20.3 Å². The van der Waals surface area contributed by atoms with Crippen LogP contribution in [-0.4, -0.2) is 49.2 Å². The van der Waals surface area contributed by atoms with Gasteiger partial charge in [0.2, 0.25) is 5.91 Å². The lowest BCUT2D eigenvalue weighted by Gasteiger charge is -2.25. The van der Waals surface area contributed by atoms with Gasteiger partial charge in [-0.15, -0.1) is 0 Å².